The molecule has 1 aromatic heterocycles. The quantitative estimate of drug-likeness (QED) is 0.841. The van der Waals surface area contributed by atoms with Gasteiger partial charge < -0.3 is 10.4 Å². The number of aromatic nitrogens is 2. The van der Waals surface area contributed by atoms with Gasteiger partial charge in [-0.15, -0.1) is 10.2 Å². The summed E-state index contributed by atoms with van der Waals surface area (Å²) < 4.78 is 0. The number of anilines is 1. The number of aliphatic carboxylic acids is 1. The third-order valence-corrected chi connectivity index (χ3v) is 3.75. The van der Waals surface area contributed by atoms with Crippen LogP contribution in [0.2, 0.25) is 0 Å². The molecule has 2 N–H and O–H groups in total. The maximum Gasteiger partial charge on any atom is 0.306 e. The first-order chi connectivity index (χ1) is 7.75. The van der Waals surface area contributed by atoms with Crippen molar-refractivity contribution < 1.29 is 9.90 Å². The fraction of sp³-hybridized carbons (Fsp3) is 0.700. The maximum atomic E-state index is 10.8. The molecule has 2 rings (SSSR count). The van der Waals surface area contributed by atoms with Gasteiger partial charge in [-0.3, -0.25) is 4.79 Å². The van der Waals surface area contributed by atoms with Crippen molar-refractivity contribution in [2.45, 2.75) is 25.7 Å². The number of nitrogens with zero attached hydrogens (tertiary/aromatic N) is 2. The Bertz CT molecular complexity index is 334. The highest BCUT2D eigenvalue weighted by Gasteiger charge is 2.25. The van der Waals surface area contributed by atoms with Crippen LogP contribution < -0.4 is 5.32 Å². The van der Waals surface area contributed by atoms with Crippen LogP contribution in [-0.4, -0.2) is 27.8 Å². The van der Waals surface area contributed by atoms with Crippen LogP contribution in [0.15, 0.2) is 5.51 Å². The van der Waals surface area contributed by atoms with E-state index in [-0.39, 0.29) is 5.92 Å². The number of carbonyl (C=O) groups is 1. The van der Waals surface area contributed by atoms with E-state index in [1.165, 1.54) is 11.3 Å². The molecule has 0 radical (unpaired) electrons. The molecule has 0 bridgehead atoms. The maximum absolute atomic E-state index is 10.8. The Kier molecular flexibility index (Phi) is 3.71. The first-order valence-electron chi connectivity index (χ1n) is 5.48. The van der Waals surface area contributed by atoms with E-state index in [1.54, 1.807) is 5.51 Å². The van der Waals surface area contributed by atoms with E-state index in [0.29, 0.717) is 5.92 Å². The van der Waals surface area contributed by atoms with Gasteiger partial charge in [0.15, 0.2) is 0 Å². The van der Waals surface area contributed by atoms with Crippen LogP contribution in [0.1, 0.15) is 25.7 Å². The lowest BCUT2D eigenvalue weighted by atomic mass is 9.82. The van der Waals surface area contributed by atoms with Gasteiger partial charge in [0.2, 0.25) is 5.13 Å². The second-order valence-electron chi connectivity index (χ2n) is 4.18. The second kappa shape index (κ2) is 5.25. The van der Waals surface area contributed by atoms with Crippen LogP contribution >= 0.6 is 11.3 Å². The Hall–Kier alpha value is -1.17. The lowest BCUT2D eigenvalue weighted by Gasteiger charge is -2.25. The summed E-state index contributed by atoms with van der Waals surface area (Å²) in [7, 11) is 0. The smallest absolute Gasteiger partial charge is 0.306 e. The van der Waals surface area contributed by atoms with Crippen molar-refractivity contribution in [3.8, 4) is 0 Å². The van der Waals surface area contributed by atoms with Crippen molar-refractivity contribution in [1.29, 1.82) is 0 Å². The zero-order valence-corrected chi connectivity index (χ0v) is 9.74. The van der Waals surface area contributed by atoms with Gasteiger partial charge in [0, 0.05) is 6.54 Å². The molecule has 1 aliphatic rings. The second-order valence-corrected chi connectivity index (χ2v) is 5.01. The minimum absolute atomic E-state index is 0.127. The van der Waals surface area contributed by atoms with E-state index < -0.39 is 5.97 Å². The fourth-order valence-electron chi connectivity index (χ4n) is 2.10. The first kappa shape index (κ1) is 11.3. The lowest BCUT2D eigenvalue weighted by molar-refractivity contribution is -0.143. The predicted octanol–water partition coefficient (Wildman–Crippen LogP) is 1.84. The van der Waals surface area contributed by atoms with Gasteiger partial charge in [-0.25, -0.2) is 0 Å². The first-order valence-corrected chi connectivity index (χ1v) is 6.36. The van der Waals surface area contributed by atoms with Crippen molar-refractivity contribution in [1.82, 2.24) is 10.2 Å². The zero-order chi connectivity index (χ0) is 11.4. The molecule has 1 fully saturated rings. The molecule has 1 saturated carbocycles. The largest absolute Gasteiger partial charge is 0.481 e. The number of rotatable bonds is 4. The van der Waals surface area contributed by atoms with E-state index in [4.69, 9.17) is 5.11 Å². The molecule has 16 heavy (non-hydrogen) atoms. The highest BCUT2D eigenvalue weighted by Crippen LogP contribution is 2.29. The number of carboxylic acids is 1. The molecule has 5 nitrogen and oxygen atoms in total. The Morgan fingerprint density at radius 1 is 1.50 bits per heavy atom. The standard InChI is InChI=1S/C10H15N3O2S/c14-9(15)8-3-1-7(2-4-8)5-11-10-13-12-6-16-10/h6-8H,1-5H2,(H,11,13)(H,14,15). The lowest BCUT2D eigenvalue weighted by Crippen LogP contribution is -2.25. The average Bonchev–Trinajstić information content (AvgIpc) is 2.80. The summed E-state index contributed by atoms with van der Waals surface area (Å²) in [4.78, 5) is 10.8. The minimum Gasteiger partial charge on any atom is -0.481 e. The number of hydrogen-bond donors (Lipinski definition) is 2. The normalized spacial score (nSPS) is 25.2. The number of nitrogens with one attached hydrogen (secondary N) is 1. The molecule has 0 atom stereocenters. The summed E-state index contributed by atoms with van der Waals surface area (Å²) >= 11 is 1.49. The van der Waals surface area contributed by atoms with Crippen LogP contribution in [0.3, 0.4) is 0 Å². The van der Waals surface area contributed by atoms with E-state index in [2.05, 4.69) is 15.5 Å². The zero-order valence-electron chi connectivity index (χ0n) is 8.93. The molecule has 0 amide bonds. The van der Waals surface area contributed by atoms with Crippen molar-refractivity contribution >= 4 is 22.4 Å². The SMILES string of the molecule is O=C(O)C1CCC(CNc2nncs2)CC1. The summed E-state index contributed by atoms with van der Waals surface area (Å²) in [6, 6.07) is 0. The van der Waals surface area contributed by atoms with Crippen LogP contribution in [0.25, 0.3) is 0 Å². The molecule has 1 heterocycles. The summed E-state index contributed by atoms with van der Waals surface area (Å²) in [5.74, 6) is -0.201. The topological polar surface area (TPSA) is 75.1 Å². The van der Waals surface area contributed by atoms with Gasteiger partial charge in [-0.05, 0) is 31.6 Å². The van der Waals surface area contributed by atoms with Crippen LogP contribution in [0.4, 0.5) is 5.13 Å². The van der Waals surface area contributed by atoms with Crippen LogP contribution in [0.5, 0.6) is 0 Å². The van der Waals surface area contributed by atoms with Crippen LogP contribution in [-0.2, 0) is 4.79 Å². The molecule has 0 saturated heterocycles. The monoisotopic (exact) mass is 241 g/mol. The van der Waals surface area contributed by atoms with E-state index in [0.717, 1.165) is 37.4 Å². The highest BCUT2D eigenvalue weighted by atomic mass is 32.1. The summed E-state index contributed by atoms with van der Waals surface area (Å²) in [6.45, 7) is 0.877. The van der Waals surface area contributed by atoms with Gasteiger partial charge in [-0.2, -0.15) is 0 Å². The molecule has 6 heteroatoms. The Labute approximate surface area is 97.9 Å². The Morgan fingerprint density at radius 3 is 2.81 bits per heavy atom. The van der Waals surface area contributed by atoms with E-state index in [1.807, 2.05) is 0 Å². The fourth-order valence-corrected chi connectivity index (χ4v) is 2.55. The van der Waals surface area contributed by atoms with E-state index >= 15 is 0 Å². The molecule has 0 unspecified atom stereocenters. The average molecular weight is 241 g/mol. The van der Waals surface area contributed by atoms with Gasteiger partial charge in [0.05, 0.1) is 5.92 Å². The van der Waals surface area contributed by atoms with Gasteiger partial charge >= 0.3 is 5.97 Å². The molecule has 1 aromatic rings. The Morgan fingerprint density at radius 2 is 2.25 bits per heavy atom. The van der Waals surface area contributed by atoms with Crippen molar-refractivity contribution in [2.75, 3.05) is 11.9 Å². The molecule has 88 valence electrons. The van der Waals surface area contributed by atoms with Crippen LogP contribution in [0, 0.1) is 11.8 Å². The number of carboxylic acid groups (broad SMARTS) is 1. The molecule has 0 spiro atoms. The molecule has 0 aliphatic heterocycles. The summed E-state index contributed by atoms with van der Waals surface area (Å²) in [6.07, 6.45) is 3.58. The van der Waals surface area contributed by atoms with Crippen molar-refractivity contribution in [2.24, 2.45) is 11.8 Å². The third kappa shape index (κ3) is 2.91. The Balaban J connectivity index is 1.71. The van der Waals surface area contributed by atoms with Gasteiger partial charge in [-0.1, -0.05) is 11.3 Å². The summed E-state index contributed by atoms with van der Waals surface area (Å²) in [5.41, 5.74) is 1.70. The highest BCUT2D eigenvalue weighted by molar-refractivity contribution is 7.13. The number of hydrogen-bond acceptors (Lipinski definition) is 5. The summed E-state index contributed by atoms with van der Waals surface area (Å²) in [5, 5.41) is 20.6. The molecular formula is C10H15N3O2S. The van der Waals surface area contributed by atoms with E-state index in [9.17, 15) is 4.79 Å². The molecule has 1 aliphatic carbocycles. The third-order valence-electron chi connectivity index (χ3n) is 3.10. The minimum atomic E-state index is -0.643. The van der Waals surface area contributed by atoms with Gasteiger partial charge in [0.1, 0.15) is 5.51 Å². The molecular weight excluding hydrogens is 226 g/mol. The predicted molar refractivity (Wildman–Crippen MR) is 61.5 cm³/mol. The van der Waals surface area contributed by atoms with Crippen molar-refractivity contribution in [3.63, 3.8) is 0 Å². The van der Waals surface area contributed by atoms with Crippen molar-refractivity contribution in [3.05, 3.63) is 5.51 Å². The molecule has 0 aromatic carbocycles. The van der Waals surface area contributed by atoms with Gasteiger partial charge in [0.25, 0.3) is 0 Å².